The minimum Gasteiger partial charge on any atom is -0.325 e. The van der Waals surface area contributed by atoms with Crippen molar-refractivity contribution in [2.45, 2.75) is 19.4 Å². The number of ketones is 1. The van der Waals surface area contributed by atoms with E-state index in [2.05, 4.69) is 52.7 Å². The Balaban J connectivity index is 1.24. The van der Waals surface area contributed by atoms with Crippen LogP contribution in [0.4, 0.5) is 5.69 Å². The van der Waals surface area contributed by atoms with Crippen LogP contribution in [0.1, 0.15) is 34.3 Å². The van der Waals surface area contributed by atoms with Crippen LogP contribution in [0.2, 0.25) is 5.02 Å². The minimum absolute atomic E-state index is 0.0424. The molecule has 0 unspecified atom stereocenters. The molecule has 5 rings (SSSR count). The maximum Gasteiger partial charge on any atom is 0.227 e. The first-order valence-electron chi connectivity index (χ1n) is 12.0. The van der Waals surface area contributed by atoms with E-state index in [0.717, 1.165) is 32.5 Å². The molecule has 1 N–H and O–H groups in total. The molecule has 35 heavy (non-hydrogen) atoms. The number of hydrogen-bond donors (Lipinski definition) is 1. The lowest BCUT2D eigenvalue weighted by Gasteiger charge is -2.31. The largest absolute Gasteiger partial charge is 0.325 e. The summed E-state index contributed by atoms with van der Waals surface area (Å²) in [6.07, 6.45) is 1.57. The van der Waals surface area contributed by atoms with Crippen molar-refractivity contribution >= 4 is 39.8 Å². The lowest BCUT2D eigenvalue weighted by atomic mass is 9.94. The van der Waals surface area contributed by atoms with Crippen LogP contribution in [0.25, 0.3) is 10.8 Å². The van der Waals surface area contributed by atoms with Gasteiger partial charge in [0.25, 0.3) is 0 Å². The van der Waals surface area contributed by atoms with Gasteiger partial charge in [-0.2, -0.15) is 0 Å². The van der Waals surface area contributed by atoms with Crippen molar-refractivity contribution in [3.8, 4) is 0 Å². The predicted molar refractivity (Wildman–Crippen MR) is 142 cm³/mol. The Morgan fingerprint density at radius 3 is 2.37 bits per heavy atom. The molecule has 1 aliphatic heterocycles. The molecule has 1 saturated heterocycles. The molecule has 1 heterocycles. The average molecular weight is 483 g/mol. The lowest BCUT2D eigenvalue weighted by molar-refractivity contribution is -0.121. The predicted octanol–water partition coefficient (Wildman–Crippen LogP) is 6.57. The minimum atomic E-state index is -0.159. The molecule has 4 aromatic carbocycles. The van der Waals surface area contributed by atoms with Gasteiger partial charge in [0.15, 0.2) is 5.78 Å². The standard InChI is InChI=1S/C30H27ClN2O2/c31-25-13-14-28(27(19-25)29(34)22-8-2-1-3-9-22)32-30(35)23-15-17-33(18-16-23)20-24-11-6-10-21-7-4-5-12-26(21)24/h1-14,19,23H,15-18,20H2,(H,32,35). The quantitative estimate of drug-likeness (QED) is 0.316. The zero-order chi connectivity index (χ0) is 24.2. The number of nitrogens with zero attached hydrogens (tertiary/aromatic N) is 1. The molecule has 176 valence electrons. The van der Waals surface area contributed by atoms with E-state index in [9.17, 15) is 9.59 Å². The number of rotatable bonds is 6. The third-order valence-electron chi connectivity index (χ3n) is 6.75. The number of halogens is 1. The number of benzene rings is 4. The molecular weight excluding hydrogens is 456 g/mol. The Kier molecular flexibility index (Phi) is 6.94. The van der Waals surface area contributed by atoms with Crippen molar-refractivity contribution in [2.24, 2.45) is 5.92 Å². The van der Waals surface area contributed by atoms with Gasteiger partial charge in [-0.25, -0.2) is 0 Å². The molecule has 1 aliphatic rings. The van der Waals surface area contributed by atoms with Gasteiger partial charge in [-0.3, -0.25) is 14.5 Å². The van der Waals surface area contributed by atoms with Crippen LogP contribution in [0.5, 0.6) is 0 Å². The lowest BCUT2D eigenvalue weighted by Crippen LogP contribution is -2.38. The molecule has 5 heteroatoms. The Hall–Kier alpha value is -3.47. The molecule has 0 atom stereocenters. The fraction of sp³-hybridized carbons (Fsp3) is 0.200. The highest BCUT2D eigenvalue weighted by atomic mass is 35.5. The molecule has 4 aromatic rings. The zero-order valence-corrected chi connectivity index (χ0v) is 20.2. The maximum absolute atomic E-state index is 13.1. The molecule has 1 amide bonds. The van der Waals surface area contributed by atoms with Crippen molar-refractivity contribution in [1.29, 1.82) is 0 Å². The van der Waals surface area contributed by atoms with Crippen LogP contribution < -0.4 is 5.32 Å². The van der Waals surface area contributed by atoms with Crippen molar-refractivity contribution in [2.75, 3.05) is 18.4 Å². The van der Waals surface area contributed by atoms with E-state index < -0.39 is 0 Å². The molecule has 0 radical (unpaired) electrons. The van der Waals surface area contributed by atoms with Gasteiger partial charge in [-0.1, -0.05) is 84.4 Å². The first kappa shape index (κ1) is 23.3. The number of carbonyl (C=O) groups excluding carboxylic acids is 2. The highest BCUT2D eigenvalue weighted by Gasteiger charge is 2.26. The number of nitrogens with one attached hydrogen (secondary N) is 1. The fourth-order valence-electron chi connectivity index (χ4n) is 4.82. The van der Waals surface area contributed by atoms with Crippen LogP contribution in [0.3, 0.4) is 0 Å². The highest BCUT2D eigenvalue weighted by Crippen LogP contribution is 2.27. The van der Waals surface area contributed by atoms with E-state index in [1.165, 1.54) is 16.3 Å². The first-order chi connectivity index (χ1) is 17.1. The topological polar surface area (TPSA) is 49.4 Å². The van der Waals surface area contributed by atoms with Gasteiger partial charge in [0, 0.05) is 28.6 Å². The SMILES string of the molecule is O=C(c1ccccc1)c1cc(Cl)ccc1NC(=O)C1CCN(Cc2cccc3ccccc23)CC1. The van der Waals surface area contributed by atoms with E-state index in [1.807, 2.05) is 18.2 Å². The summed E-state index contributed by atoms with van der Waals surface area (Å²) in [6, 6.07) is 29.0. The Morgan fingerprint density at radius 1 is 0.857 bits per heavy atom. The van der Waals surface area contributed by atoms with E-state index in [-0.39, 0.29) is 17.6 Å². The number of piperidine rings is 1. The number of amides is 1. The van der Waals surface area contributed by atoms with Gasteiger partial charge in [0.2, 0.25) is 5.91 Å². The second-order valence-corrected chi connectivity index (χ2v) is 9.50. The number of carbonyl (C=O) groups is 2. The smallest absolute Gasteiger partial charge is 0.227 e. The summed E-state index contributed by atoms with van der Waals surface area (Å²) in [5.74, 6) is -0.290. The Bertz CT molecular complexity index is 1360. The van der Waals surface area contributed by atoms with Crippen molar-refractivity contribution in [1.82, 2.24) is 4.90 Å². The summed E-state index contributed by atoms with van der Waals surface area (Å²) in [4.78, 5) is 28.6. The average Bonchev–Trinajstić information content (AvgIpc) is 2.90. The van der Waals surface area contributed by atoms with E-state index in [1.54, 1.807) is 30.3 Å². The summed E-state index contributed by atoms with van der Waals surface area (Å²) in [5.41, 5.74) is 2.79. The summed E-state index contributed by atoms with van der Waals surface area (Å²) in [7, 11) is 0. The molecule has 0 aromatic heterocycles. The van der Waals surface area contributed by atoms with Crippen LogP contribution in [0, 0.1) is 5.92 Å². The van der Waals surface area contributed by atoms with Crippen LogP contribution in [-0.4, -0.2) is 29.7 Å². The summed E-state index contributed by atoms with van der Waals surface area (Å²) >= 11 is 6.18. The number of likely N-dealkylation sites (tertiary alicyclic amines) is 1. The Labute approximate surface area is 210 Å². The molecule has 0 saturated carbocycles. The van der Waals surface area contributed by atoms with Crippen molar-refractivity contribution in [3.05, 3.63) is 113 Å². The molecular formula is C30H27ClN2O2. The van der Waals surface area contributed by atoms with Gasteiger partial charge >= 0.3 is 0 Å². The van der Waals surface area contributed by atoms with Crippen LogP contribution in [0.15, 0.2) is 91.0 Å². The summed E-state index contributed by atoms with van der Waals surface area (Å²) in [6.45, 7) is 2.60. The fourth-order valence-corrected chi connectivity index (χ4v) is 4.99. The van der Waals surface area contributed by atoms with Gasteiger partial charge in [-0.05, 0) is 60.5 Å². The van der Waals surface area contributed by atoms with Gasteiger partial charge < -0.3 is 5.32 Å². The van der Waals surface area contributed by atoms with E-state index in [4.69, 9.17) is 11.6 Å². The van der Waals surface area contributed by atoms with E-state index in [0.29, 0.717) is 21.8 Å². The molecule has 4 nitrogen and oxygen atoms in total. The van der Waals surface area contributed by atoms with Crippen LogP contribution in [-0.2, 0) is 11.3 Å². The van der Waals surface area contributed by atoms with E-state index >= 15 is 0 Å². The number of fused-ring (bicyclic) bond motifs is 1. The monoisotopic (exact) mass is 482 g/mol. The molecule has 1 fully saturated rings. The maximum atomic E-state index is 13.1. The van der Waals surface area contributed by atoms with Crippen molar-refractivity contribution in [3.63, 3.8) is 0 Å². The van der Waals surface area contributed by atoms with Gasteiger partial charge in [-0.15, -0.1) is 0 Å². The highest BCUT2D eigenvalue weighted by molar-refractivity contribution is 6.31. The van der Waals surface area contributed by atoms with Gasteiger partial charge in [0.1, 0.15) is 0 Å². The summed E-state index contributed by atoms with van der Waals surface area (Å²) in [5, 5.41) is 6.01. The molecule has 0 spiro atoms. The third kappa shape index (κ3) is 5.29. The van der Waals surface area contributed by atoms with Crippen molar-refractivity contribution < 1.29 is 9.59 Å². The molecule has 0 aliphatic carbocycles. The second-order valence-electron chi connectivity index (χ2n) is 9.06. The van der Waals surface area contributed by atoms with Crippen LogP contribution >= 0.6 is 11.6 Å². The number of hydrogen-bond acceptors (Lipinski definition) is 3. The summed E-state index contributed by atoms with van der Waals surface area (Å²) < 4.78 is 0. The van der Waals surface area contributed by atoms with Gasteiger partial charge in [0.05, 0.1) is 5.69 Å². The third-order valence-corrected chi connectivity index (χ3v) is 6.99. The number of anilines is 1. The normalized spacial score (nSPS) is 14.7. The Morgan fingerprint density at radius 2 is 1.57 bits per heavy atom. The second kappa shape index (κ2) is 10.4. The first-order valence-corrected chi connectivity index (χ1v) is 12.4. The zero-order valence-electron chi connectivity index (χ0n) is 19.4. The molecule has 0 bridgehead atoms.